The second kappa shape index (κ2) is 7.38. The Kier molecular flexibility index (Phi) is 4.80. The fourth-order valence-corrected chi connectivity index (χ4v) is 3.79. The maximum atomic E-state index is 12.6. The van der Waals surface area contributed by atoms with Gasteiger partial charge in [0.25, 0.3) is 5.91 Å². The number of nitrogens with zero attached hydrogens (tertiary/aromatic N) is 3. The van der Waals surface area contributed by atoms with Gasteiger partial charge in [-0.05, 0) is 49.9 Å². The first kappa shape index (κ1) is 16.9. The lowest BCUT2D eigenvalue weighted by molar-refractivity contribution is -0.125. The van der Waals surface area contributed by atoms with Crippen LogP contribution in [0.25, 0.3) is 0 Å². The number of pyridine rings is 1. The van der Waals surface area contributed by atoms with Gasteiger partial charge in [0.1, 0.15) is 11.4 Å². The molecule has 2 aliphatic rings. The van der Waals surface area contributed by atoms with E-state index in [1.807, 2.05) is 12.1 Å². The van der Waals surface area contributed by atoms with Gasteiger partial charge in [-0.1, -0.05) is 30.3 Å². The molecule has 26 heavy (non-hydrogen) atoms. The Hall–Kier alpha value is -2.53. The van der Waals surface area contributed by atoms with Crippen LogP contribution in [0.15, 0.2) is 59.9 Å². The van der Waals surface area contributed by atoms with Gasteiger partial charge in [-0.25, -0.2) is 0 Å². The van der Waals surface area contributed by atoms with Crippen LogP contribution < -0.4 is 5.32 Å². The molecular formula is C21H24N4O. The van der Waals surface area contributed by atoms with E-state index in [0.717, 1.165) is 50.9 Å². The largest absolute Gasteiger partial charge is 0.308 e. The summed E-state index contributed by atoms with van der Waals surface area (Å²) in [6, 6.07) is 14.4. The van der Waals surface area contributed by atoms with Crippen LogP contribution in [0.3, 0.4) is 0 Å². The van der Waals surface area contributed by atoms with Crippen molar-refractivity contribution in [1.82, 2.24) is 15.2 Å². The molecule has 4 rings (SSSR count). The van der Waals surface area contributed by atoms with Gasteiger partial charge in [0, 0.05) is 31.0 Å². The van der Waals surface area contributed by atoms with E-state index in [1.54, 1.807) is 12.4 Å². The van der Waals surface area contributed by atoms with E-state index >= 15 is 0 Å². The van der Waals surface area contributed by atoms with Crippen LogP contribution in [0.5, 0.6) is 0 Å². The zero-order chi connectivity index (χ0) is 17.8. The predicted molar refractivity (Wildman–Crippen MR) is 102 cm³/mol. The second-order valence-electron chi connectivity index (χ2n) is 7.12. The molecule has 0 bridgehead atoms. The van der Waals surface area contributed by atoms with Gasteiger partial charge in [-0.3, -0.25) is 14.8 Å². The summed E-state index contributed by atoms with van der Waals surface area (Å²) in [6.45, 7) is 2.92. The third-order valence-electron chi connectivity index (χ3n) is 5.38. The molecule has 0 radical (unpaired) electrons. The minimum atomic E-state index is -0.582. The molecule has 1 N–H and O–H groups in total. The molecule has 2 aliphatic heterocycles. The number of rotatable bonds is 5. The molecule has 1 fully saturated rings. The third-order valence-corrected chi connectivity index (χ3v) is 5.38. The average molecular weight is 348 g/mol. The summed E-state index contributed by atoms with van der Waals surface area (Å²) in [5.41, 5.74) is 1.69. The van der Waals surface area contributed by atoms with Crippen molar-refractivity contribution in [2.24, 2.45) is 4.99 Å². The van der Waals surface area contributed by atoms with Gasteiger partial charge in [0.2, 0.25) is 0 Å². The minimum Gasteiger partial charge on any atom is -0.308 e. The fourth-order valence-electron chi connectivity index (χ4n) is 3.79. The quantitative estimate of drug-likeness (QED) is 0.903. The second-order valence-corrected chi connectivity index (χ2v) is 7.12. The first-order valence-corrected chi connectivity index (χ1v) is 9.33. The summed E-state index contributed by atoms with van der Waals surface area (Å²) in [6.07, 6.45) is 7.29. The highest BCUT2D eigenvalue weighted by atomic mass is 16.2. The third kappa shape index (κ3) is 3.53. The maximum absolute atomic E-state index is 12.6. The van der Waals surface area contributed by atoms with Crippen LogP contribution in [-0.2, 0) is 11.2 Å². The number of carbonyl (C=O) groups excluding carboxylic acids is 1. The number of amides is 1. The summed E-state index contributed by atoms with van der Waals surface area (Å²) in [5.74, 6) is 0.709. The van der Waals surface area contributed by atoms with Crippen molar-refractivity contribution in [3.8, 4) is 0 Å². The van der Waals surface area contributed by atoms with Crippen LogP contribution in [-0.4, -0.2) is 46.8 Å². The first-order valence-electron chi connectivity index (χ1n) is 9.33. The van der Waals surface area contributed by atoms with Gasteiger partial charge in [0.05, 0.1) is 0 Å². The highest BCUT2D eigenvalue weighted by Crippen LogP contribution is 2.31. The monoisotopic (exact) mass is 348 g/mol. The topological polar surface area (TPSA) is 57.6 Å². The van der Waals surface area contributed by atoms with Crippen molar-refractivity contribution >= 4 is 11.7 Å². The SMILES string of the molecule is O=C1NC(c2cccnc2)=NC12CCN(CCCc1ccccc1)CC2. The standard InChI is InChI=1S/C21H24N4O/c26-20-21(24-19(23-20)18-9-4-12-22-16-18)10-14-25(15-11-21)13-5-8-17-6-2-1-3-7-17/h1-4,6-7,9,12,16H,5,8,10-11,13-15H2,(H,23,24,26). The Bertz CT molecular complexity index is 780. The summed E-state index contributed by atoms with van der Waals surface area (Å²) in [4.78, 5) is 23.9. The van der Waals surface area contributed by atoms with Crippen LogP contribution >= 0.6 is 0 Å². The Balaban J connectivity index is 1.32. The lowest BCUT2D eigenvalue weighted by atomic mass is 9.88. The summed E-state index contributed by atoms with van der Waals surface area (Å²) >= 11 is 0. The molecule has 0 atom stereocenters. The number of benzene rings is 1. The molecule has 134 valence electrons. The van der Waals surface area contributed by atoms with E-state index in [4.69, 9.17) is 4.99 Å². The lowest BCUT2D eigenvalue weighted by Crippen LogP contribution is -2.49. The maximum Gasteiger partial charge on any atom is 0.253 e. The number of nitrogens with one attached hydrogen (secondary N) is 1. The van der Waals surface area contributed by atoms with Crippen LogP contribution in [0.4, 0.5) is 0 Å². The van der Waals surface area contributed by atoms with E-state index in [-0.39, 0.29) is 5.91 Å². The van der Waals surface area contributed by atoms with Crippen molar-refractivity contribution in [2.45, 2.75) is 31.2 Å². The molecule has 5 heteroatoms. The fraction of sp³-hybridized carbons (Fsp3) is 0.381. The molecule has 1 aromatic carbocycles. The number of aromatic nitrogens is 1. The van der Waals surface area contributed by atoms with E-state index in [2.05, 4.69) is 45.5 Å². The van der Waals surface area contributed by atoms with Gasteiger partial charge in [-0.2, -0.15) is 0 Å². The van der Waals surface area contributed by atoms with Crippen molar-refractivity contribution in [3.63, 3.8) is 0 Å². The Labute approximate surface area is 154 Å². The van der Waals surface area contributed by atoms with Crippen molar-refractivity contribution in [3.05, 3.63) is 66.0 Å². The van der Waals surface area contributed by atoms with E-state index in [1.165, 1.54) is 5.56 Å². The Morgan fingerprint density at radius 1 is 1.08 bits per heavy atom. The summed E-state index contributed by atoms with van der Waals surface area (Å²) < 4.78 is 0. The number of likely N-dealkylation sites (tertiary alicyclic amines) is 1. The van der Waals surface area contributed by atoms with Crippen molar-refractivity contribution in [2.75, 3.05) is 19.6 Å². The molecule has 1 amide bonds. The zero-order valence-corrected chi connectivity index (χ0v) is 14.9. The number of hydrogen-bond donors (Lipinski definition) is 1. The zero-order valence-electron chi connectivity index (χ0n) is 14.9. The number of aryl methyl sites for hydroxylation is 1. The molecule has 2 aromatic rings. The van der Waals surface area contributed by atoms with E-state index in [0.29, 0.717) is 5.84 Å². The number of aliphatic imine (C=N–C) groups is 1. The summed E-state index contributed by atoms with van der Waals surface area (Å²) in [5, 5.41) is 2.96. The normalized spacial score (nSPS) is 19.4. The van der Waals surface area contributed by atoms with Crippen LogP contribution in [0, 0.1) is 0 Å². The van der Waals surface area contributed by atoms with Gasteiger partial charge in [0.15, 0.2) is 0 Å². The Morgan fingerprint density at radius 2 is 1.88 bits per heavy atom. The Morgan fingerprint density at radius 3 is 2.62 bits per heavy atom. The molecule has 3 heterocycles. The lowest BCUT2D eigenvalue weighted by Gasteiger charge is -2.35. The molecule has 0 aliphatic carbocycles. The minimum absolute atomic E-state index is 0.0419. The molecular weight excluding hydrogens is 324 g/mol. The highest BCUT2D eigenvalue weighted by molar-refractivity contribution is 6.15. The number of hydrogen-bond acceptors (Lipinski definition) is 4. The van der Waals surface area contributed by atoms with Gasteiger partial charge >= 0.3 is 0 Å². The first-order chi connectivity index (χ1) is 12.8. The number of amidine groups is 1. The molecule has 1 aromatic heterocycles. The van der Waals surface area contributed by atoms with Crippen LogP contribution in [0.1, 0.15) is 30.4 Å². The molecule has 5 nitrogen and oxygen atoms in total. The summed E-state index contributed by atoms with van der Waals surface area (Å²) in [7, 11) is 0. The molecule has 0 unspecified atom stereocenters. The van der Waals surface area contributed by atoms with E-state index < -0.39 is 5.54 Å². The van der Waals surface area contributed by atoms with E-state index in [9.17, 15) is 4.79 Å². The number of piperidine rings is 1. The molecule has 1 saturated heterocycles. The van der Waals surface area contributed by atoms with Gasteiger partial charge in [-0.15, -0.1) is 0 Å². The molecule has 1 spiro atoms. The molecule has 0 saturated carbocycles. The smallest absolute Gasteiger partial charge is 0.253 e. The average Bonchev–Trinajstić information content (AvgIpc) is 3.01. The van der Waals surface area contributed by atoms with Gasteiger partial charge < -0.3 is 10.2 Å². The van der Waals surface area contributed by atoms with Crippen molar-refractivity contribution < 1.29 is 4.79 Å². The highest BCUT2D eigenvalue weighted by Gasteiger charge is 2.45. The van der Waals surface area contributed by atoms with Crippen molar-refractivity contribution in [1.29, 1.82) is 0 Å². The van der Waals surface area contributed by atoms with Crippen LogP contribution in [0.2, 0.25) is 0 Å². The predicted octanol–water partition coefficient (Wildman–Crippen LogP) is 2.43. The number of carbonyl (C=O) groups is 1.